The second kappa shape index (κ2) is 4.62. The minimum Gasteiger partial charge on any atom is -0.459 e. The van der Waals surface area contributed by atoms with Gasteiger partial charge in [-0.3, -0.25) is 10.1 Å². The number of nitro benzene ring substituents is 1. The van der Waals surface area contributed by atoms with Gasteiger partial charge < -0.3 is 10.2 Å². The Hall–Kier alpha value is -2.14. The van der Waals surface area contributed by atoms with Gasteiger partial charge in [-0.05, 0) is 26.0 Å². The van der Waals surface area contributed by atoms with Crippen LogP contribution in [0.1, 0.15) is 24.3 Å². The van der Waals surface area contributed by atoms with Gasteiger partial charge in [0.15, 0.2) is 0 Å². The molecule has 0 amide bonds. The van der Waals surface area contributed by atoms with Crippen LogP contribution in [0.4, 0.5) is 5.69 Å². The molecular weight excluding hydrogens is 232 g/mol. The van der Waals surface area contributed by atoms with Gasteiger partial charge in [-0.25, -0.2) is 0 Å². The highest BCUT2D eigenvalue weighted by atomic mass is 16.6. The molecule has 0 aliphatic rings. The first kappa shape index (κ1) is 12.3. The Morgan fingerprint density at radius 2 is 2.06 bits per heavy atom. The van der Waals surface area contributed by atoms with Crippen molar-refractivity contribution in [1.29, 1.82) is 0 Å². The maximum atomic E-state index is 10.9. The predicted molar refractivity (Wildman–Crippen MR) is 68.1 cm³/mol. The van der Waals surface area contributed by atoms with Crippen LogP contribution < -0.4 is 5.73 Å². The second-order valence-electron chi connectivity index (χ2n) is 4.20. The van der Waals surface area contributed by atoms with E-state index in [0.29, 0.717) is 17.1 Å². The molecular formula is C13H14N2O3. The van der Waals surface area contributed by atoms with Crippen LogP contribution in [0.3, 0.4) is 0 Å². The quantitative estimate of drug-likeness (QED) is 0.666. The molecule has 1 heterocycles. The van der Waals surface area contributed by atoms with E-state index < -0.39 is 4.92 Å². The Kier molecular flexibility index (Phi) is 3.16. The minimum atomic E-state index is -0.395. The van der Waals surface area contributed by atoms with E-state index in [1.165, 1.54) is 6.07 Å². The normalized spacial score (nSPS) is 12.4. The van der Waals surface area contributed by atoms with Crippen molar-refractivity contribution >= 4 is 5.69 Å². The Bertz CT molecular complexity index is 588. The summed E-state index contributed by atoms with van der Waals surface area (Å²) in [4.78, 5) is 10.5. The molecule has 0 saturated carbocycles. The number of nitro groups is 1. The number of benzene rings is 1. The van der Waals surface area contributed by atoms with Crippen LogP contribution in [0.2, 0.25) is 0 Å². The maximum Gasteiger partial charge on any atom is 0.273 e. The molecule has 1 unspecified atom stereocenters. The van der Waals surface area contributed by atoms with Gasteiger partial charge in [-0.15, -0.1) is 0 Å². The lowest BCUT2D eigenvalue weighted by Crippen LogP contribution is -2.02. The number of furan rings is 1. The summed E-state index contributed by atoms with van der Waals surface area (Å²) in [5.41, 5.74) is 7.12. The van der Waals surface area contributed by atoms with Gasteiger partial charge in [-0.2, -0.15) is 0 Å². The Balaban J connectivity index is 2.50. The molecule has 0 spiro atoms. The molecule has 94 valence electrons. The highest BCUT2D eigenvalue weighted by Crippen LogP contribution is 2.31. The summed E-state index contributed by atoms with van der Waals surface area (Å²) >= 11 is 0. The van der Waals surface area contributed by atoms with Crippen molar-refractivity contribution in [2.75, 3.05) is 0 Å². The topological polar surface area (TPSA) is 82.3 Å². The lowest BCUT2D eigenvalue weighted by atomic mass is 10.1. The summed E-state index contributed by atoms with van der Waals surface area (Å²) in [5, 5.41) is 10.9. The fraction of sp³-hybridized carbons (Fsp3) is 0.231. The van der Waals surface area contributed by atoms with Gasteiger partial charge >= 0.3 is 0 Å². The fourth-order valence-corrected chi connectivity index (χ4v) is 1.83. The number of nitrogens with two attached hydrogens (primary N) is 1. The lowest BCUT2D eigenvalue weighted by molar-refractivity contribution is -0.385. The average Bonchev–Trinajstić information content (AvgIpc) is 2.78. The molecule has 2 rings (SSSR count). The van der Waals surface area contributed by atoms with E-state index in [4.69, 9.17) is 10.2 Å². The highest BCUT2D eigenvalue weighted by molar-refractivity contribution is 5.67. The molecule has 1 aromatic carbocycles. The number of hydrogen-bond donors (Lipinski definition) is 1. The van der Waals surface area contributed by atoms with Crippen LogP contribution in [-0.4, -0.2) is 4.92 Å². The molecule has 0 saturated heterocycles. The highest BCUT2D eigenvalue weighted by Gasteiger charge is 2.16. The largest absolute Gasteiger partial charge is 0.459 e. The zero-order valence-electron chi connectivity index (χ0n) is 10.2. The van der Waals surface area contributed by atoms with Crippen molar-refractivity contribution in [2.45, 2.75) is 19.9 Å². The molecule has 0 radical (unpaired) electrons. The standard InChI is InChI=1S/C13H14N2O3/c1-8-10(4-3-5-11(8)15(16)17)13-7-6-12(18-13)9(2)14/h3-7,9H,14H2,1-2H3. The van der Waals surface area contributed by atoms with Crippen LogP contribution in [-0.2, 0) is 0 Å². The number of hydrogen-bond acceptors (Lipinski definition) is 4. The van der Waals surface area contributed by atoms with Crippen LogP contribution in [0.25, 0.3) is 11.3 Å². The first-order valence-electron chi connectivity index (χ1n) is 5.60. The van der Waals surface area contributed by atoms with Crippen molar-refractivity contribution in [1.82, 2.24) is 0 Å². The van der Waals surface area contributed by atoms with Gasteiger partial charge in [0, 0.05) is 17.2 Å². The molecule has 2 N–H and O–H groups in total. The Morgan fingerprint density at radius 1 is 1.33 bits per heavy atom. The minimum absolute atomic E-state index is 0.0891. The molecule has 5 nitrogen and oxygen atoms in total. The summed E-state index contributed by atoms with van der Waals surface area (Å²) in [6, 6.07) is 8.30. The lowest BCUT2D eigenvalue weighted by Gasteiger charge is -2.04. The summed E-state index contributed by atoms with van der Waals surface area (Å²) < 4.78 is 5.60. The molecule has 0 aliphatic heterocycles. The maximum absolute atomic E-state index is 10.9. The molecule has 2 aromatic rings. The summed E-state index contributed by atoms with van der Waals surface area (Å²) in [6.07, 6.45) is 0. The predicted octanol–water partition coefficient (Wildman–Crippen LogP) is 3.18. The first-order chi connectivity index (χ1) is 8.50. The molecule has 0 fully saturated rings. The van der Waals surface area contributed by atoms with E-state index in [0.717, 1.165) is 5.56 Å². The fourth-order valence-electron chi connectivity index (χ4n) is 1.83. The third kappa shape index (κ3) is 2.12. The van der Waals surface area contributed by atoms with Crippen LogP contribution in [0.15, 0.2) is 34.7 Å². The zero-order valence-corrected chi connectivity index (χ0v) is 10.2. The van der Waals surface area contributed by atoms with E-state index in [-0.39, 0.29) is 11.7 Å². The average molecular weight is 246 g/mol. The smallest absolute Gasteiger partial charge is 0.273 e. The van der Waals surface area contributed by atoms with Crippen molar-refractivity contribution in [3.05, 3.63) is 51.8 Å². The molecule has 18 heavy (non-hydrogen) atoms. The van der Waals surface area contributed by atoms with Crippen LogP contribution in [0.5, 0.6) is 0 Å². The molecule has 0 bridgehead atoms. The number of rotatable bonds is 3. The SMILES string of the molecule is Cc1c(-c2ccc(C(C)N)o2)cccc1[N+](=O)[O-]. The Morgan fingerprint density at radius 3 is 2.61 bits per heavy atom. The zero-order chi connectivity index (χ0) is 13.3. The van der Waals surface area contributed by atoms with E-state index in [2.05, 4.69) is 0 Å². The van der Waals surface area contributed by atoms with Crippen molar-refractivity contribution < 1.29 is 9.34 Å². The van der Waals surface area contributed by atoms with Crippen molar-refractivity contribution in [2.24, 2.45) is 5.73 Å². The van der Waals surface area contributed by atoms with E-state index in [9.17, 15) is 10.1 Å². The molecule has 5 heteroatoms. The van der Waals surface area contributed by atoms with E-state index >= 15 is 0 Å². The number of nitrogens with zero attached hydrogens (tertiary/aromatic N) is 1. The van der Waals surface area contributed by atoms with Gasteiger partial charge in [0.05, 0.1) is 11.0 Å². The van der Waals surface area contributed by atoms with E-state index in [1.54, 1.807) is 31.2 Å². The molecule has 0 aliphatic carbocycles. The third-order valence-electron chi connectivity index (χ3n) is 2.84. The third-order valence-corrected chi connectivity index (χ3v) is 2.84. The molecule has 1 aromatic heterocycles. The monoisotopic (exact) mass is 246 g/mol. The summed E-state index contributed by atoms with van der Waals surface area (Å²) in [5.74, 6) is 1.26. The van der Waals surface area contributed by atoms with Gasteiger partial charge in [0.25, 0.3) is 5.69 Å². The molecule has 1 atom stereocenters. The first-order valence-corrected chi connectivity index (χ1v) is 5.60. The Labute approximate surface area is 104 Å². The van der Waals surface area contributed by atoms with Crippen molar-refractivity contribution in [3.8, 4) is 11.3 Å². The van der Waals surface area contributed by atoms with Crippen molar-refractivity contribution in [3.63, 3.8) is 0 Å². The second-order valence-corrected chi connectivity index (χ2v) is 4.20. The van der Waals surface area contributed by atoms with E-state index in [1.807, 2.05) is 6.92 Å². The van der Waals surface area contributed by atoms with Crippen LogP contribution >= 0.6 is 0 Å². The summed E-state index contributed by atoms with van der Waals surface area (Å²) in [6.45, 7) is 3.53. The van der Waals surface area contributed by atoms with Crippen LogP contribution in [0, 0.1) is 17.0 Å². The summed E-state index contributed by atoms with van der Waals surface area (Å²) in [7, 11) is 0. The van der Waals surface area contributed by atoms with Gasteiger partial charge in [0.1, 0.15) is 11.5 Å². The van der Waals surface area contributed by atoms with Gasteiger partial charge in [0.2, 0.25) is 0 Å². The van der Waals surface area contributed by atoms with Gasteiger partial charge in [-0.1, -0.05) is 12.1 Å².